The van der Waals surface area contributed by atoms with E-state index in [1.54, 1.807) is 14.0 Å². The summed E-state index contributed by atoms with van der Waals surface area (Å²) in [6.07, 6.45) is 0. The maximum Gasteiger partial charge on any atom is 0.376 e. The van der Waals surface area contributed by atoms with Crippen molar-refractivity contribution < 1.29 is 23.4 Å². The molecule has 0 amide bonds. The van der Waals surface area contributed by atoms with E-state index in [9.17, 15) is 4.79 Å². The van der Waals surface area contributed by atoms with Crippen molar-refractivity contribution >= 4 is 5.97 Å². The SMILES string of the molecule is CCOC(=O)c1oc(COCCOC)nc1C(C)C. The van der Waals surface area contributed by atoms with Crippen LogP contribution in [0.1, 0.15) is 48.8 Å². The molecule has 1 aromatic rings. The summed E-state index contributed by atoms with van der Waals surface area (Å²) in [4.78, 5) is 16.0. The molecule has 0 aromatic carbocycles. The first-order valence-corrected chi connectivity index (χ1v) is 6.33. The molecule has 0 aliphatic rings. The lowest BCUT2D eigenvalue weighted by Gasteiger charge is -2.02. The van der Waals surface area contributed by atoms with Crippen molar-refractivity contribution in [2.24, 2.45) is 0 Å². The van der Waals surface area contributed by atoms with Crippen LogP contribution < -0.4 is 0 Å². The lowest BCUT2D eigenvalue weighted by molar-refractivity contribution is 0.0436. The van der Waals surface area contributed by atoms with Crippen LogP contribution in [0.5, 0.6) is 0 Å². The van der Waals surface area contributed by atoms with Gasteiger partial charge in [-0.3, -0.25) is 0 Å². The summed E-state index contributed by atoms with van der Waals surface area (Å²) >= 11 is 0. The standard InChI is InChI=1S/C13H21NO5/c1-5-18-13(15)12-11(9(2)3)14-10(19-12)8-17-7-6-16-4/h9H,5-8H2,1-4H3. The van der Waals surface area contributed by atoms with Crippen molar-refractivity contribution in [3.05, 3.63) is 17.3 Å². The Balaban J connectivity index is 2.73. The number of carbonyl (C=O) groups excluding carboxylic acids is 1. The predicted octanol–water partition coefficient (Wildman–Crippen LogP) is 2.14. The van der Waals surface area contributed by atoms with Gasteiger partial charge in [0.2, 0.25) is 11.7 Å². The molecule has 0 aliphatic carbocycles. The molecule has 0 saturated carbocycles. The van der Waals surface area contributed by atoms with Crippen LogP contribution in [0.25, 0.3) is 0 Å². The van der Waals surface area contributed by atoms with Crippen LogP contribution in [-0.2, 0) is 20.8 Å². The fourth-order valence-electron chi connectivity index (χ4n) is 1.48. The summed E-state index contributed by atoms with van der Waals surface area (Å²) in [6, 6.07) is 0. The van der Waals surface area contributed by atoms with Gasteiger partial charge >= 0.3 is 5.97 Å². The summed E-state index contributed by atoms with van der Waals surface area (Å²) < 4.78 is 20.5. The molecule has 0 saturated heterocycles. The first kappa shape index (κ1) is 15.7. The lowest BCUT2D eigenvalue weighted by Crippen LogP contribution is -2.07. The van der Waals surface area contributed by atoms with E-state index in [1.807, 2.05) is 13.8 Å². The van der Waals surface area contributed by atoms with Crippen molar-refractivity contribution in [3.8, 4) is 0 Å². The normalized spacial score (nSPS) is 11.0. The number of hydrogen-bond donors (Lipinski definition) is 0. The first-order valence-electron chi connectivity index (χ1n) is 6.33. The number of esters is 1. The minimum atomic E-state index is -0.484. The molecular weight excluding hydrogens is 250 g/mol. The minimum Gasteiger partial charge on any atom is -0.460 e. The van der Waals surface area contributed by atoms with Crippen LogP contribution in [0, 0.1) is 0 Å². The van der Waals surface area contributed by atoms with E-state index in [0.717, 1.165) is 0 Å². The zero-order chi connectivity index (χ0) is 14.3. The summed E-state index contributed by atoms with van der Waals surface area (Å²) in [5.74, 6) is 0.141. The fraction of sp³-hybridized carbons (Fsp3) is 0.692. The van der Waals surface area contributed by atoms with E-state index in [1.165, 1.54) is 0 Å². The van der Waals surface area contributed by atoms with Gasteiger partial charge < -0.3 is 18.6 Å². The molecule has 0 N–H and O–H groups in total. The topological polar surface area (TPSA) is 70.8 Å². The Morgan fingerprint density at radius 2 is 2.11 bits per heavy atom. The molecule has 1 heterocycles. The average molecular weight is 271 g/mol. The van der Waals surface area contributed by atoms with Gasteiger partial charge in [-0.1, -0.05) is 13.8 Å². The molecular formula is C13H21NO5. The third kappa shape index (κ3) is 4.65. The molecule has 19 heavy (non-hydrogen) atoms. The highest BCUT2D eigenvalue weighted by Crippen LogP contribution is 2.21. The number of hydrogen-bond acceptors (Lipinski definition) is 6. The smallest absolute Gasteiger partial charge is 0.376 e. The zero-order valence-electron chi connectivity index (χ0n) is 11.9. The minimum absolute atomic E-state index is 0.0795. The molecule has 1 aromatic heterocycles. The fourth-order valence-corrected chi connectivity index (χ4v) is 1.48. The average Bonchev–Trinajstić information content (AvgIpc) is 2.79. The van der Waals surface area contributed by atoms with Gasteiger partial charge in [0.25, 0.3) is 0 Å². The van der Waals surface area contributed by atoms with Crippen LogP contribution in [0.2, 0.25) is 0 Å². The summed E-state index contributed by atoms with van der Waals surface area (Å²) in [5, 5.41) is 0. The quantitative estimate of drug-likeness (QED) is 0.533. The number of carbonyl (C=O) groups is 1. The highest BCUT2D eigenvalue weighted by Gasteiger charge is 2.23. The van der Waals surface area contributed by atoms with Crippen molar-refractivity contribution in [2.45, 2.75) is 33.3 Å². The Morgan fingerprint density at radius 3 is 2.68 bits per heavy atom. The zero-order valence-corrected chi connectivity index (χ0v) is 11.9. The van der Waals surface area contributed by atoms with Crippen molar-refractivity contribution in [1.29, 1.82) is 0 Å². The van der Waals surface area contributed by atoms with E-state index in [4.69, 9.17) is 18.6 Å². The molecule has 0 radical (unpaired) electrons. The Hall–Kier alpha value is -1.40. The number of nitrogens with zero attached hydrogens (tertiary/aromatic N) is 1. The second-order valence-corrected chi connectivity index (χ2v) is 4.24. The van der Waals surface area contributed by atoms with E-state index < -0.39 is 5.97 Å². The molecule has 108 valence electrons. The predicted molar refractivity (Wildman–Crippen MR) is 68.1 cm³/mol. The van der Waals surface area contributed by atoms with E-state index >= 15 is 0 Å². The van der Waals surface area contributed by atoms with Gasteiger partial charge in [0.1, 0.15) is 6.61 Å². The van der Waals surface area contributed by atoms with Crippen molar-refractivity contribution in [1.82, 2.24) is 4.98 Å². The van der Waals surface area contributed by atoms with E-state index in [0.29, 0.717) is 31.4 Å². The van der Waals surface area contributed by atoms with Gasteiger partial charge in [0.15, 0.2) is 0 Å². The third-order valence-electron chi connectivity index (χ3n) is 2.36. The van der Waals surface area contributed by atoms with Gasteiger partial charge in [-0.25, -0.2) is 9.78 Å². The maximum absolute atomic E-state index is 11.7. The second kappa shape index (κ2) is 7.91. The van der Waals surface area contributed by atoms with Gasteiger partial charge in [-0.05, 0) is 12.8 Å². The molecule has 6 heteroatoms. The summed E-state index contributed by atoms with van der Waals surface area (Å²) in [7, 11) is 1.60. The van der Waals surface area contributed by atoms with Crippen LogP contribution in [-0.4, -0.2) is 37.9 Å². The molecule has 6 nitrogen and oxygen atoms in total. The molecule has 0 fully saturated rings. The highest BCUT2D eigenvalue weighted by atomic mass is 16.5. The molecule has 0 bridgehead atoms. The number of methoxy groups -OCH3 is 1. The van der Waals surface area contributed by atoms with Crippen molar-refractivity contribution in [3.63, 3.8) is 0 Å². The van der Waals surface area contributed by atoms with Gasteiger partial charge in [-0.2, -0.15) is 0 Å². The largest absolute Gasteiger partial charge is 0.460 e. The summed E-state index contributed by atoms with van der Waals surface area (Å²) in [6.45, 7) is 7.09. The Labute approximate surface area is 113 Å². The number of aromatic nitrogens is 1. The Kier molecular flexibility index (Phi) is 6.52. The van der Waals surface area contributed by atoms with Gasteiger partial charge in [0.05, 0.1) is 25.5 Å². The van der Waals surface area contributed by atoms with Gasteiger partial charge in [0, 0.05) is 7.11 Å². The third-order valence-corrected chi connectivity index (χ3v) is 2.36. The van der Waals surface area contributed by atoms with Crippen LogP contribution in [0.15, 0.2) is 4.42 Å². The van der Waals surface area contributed by atoms with Crippen LogP contribution in [0.4, 0.5) is 0 Å². The van der Waals surface area contributed by atoms with Crippen LogP contribution >= 0.6 is 0 Å². The number of rotatable bonds is 8. The van der Waals surface area contributed by atoms with Crippen LogP contribution in [0.3, 0.4) is 0 Å². The molecule has 0 spiro atoms. The Morgan fingerprint density at radius 1 is 1.37 bits per heavy atom. The van der Waals surface area contributed by atoms with E-state index in [2.05, 4.69) is 4.98 Å². The molecule has 1 rings (SSSR count). The molecule has 0 unspecified atom stereocenters. The van der Waals surface area contributed by atoms with Gasteiger partial charge in [-0.15, -0.1) is 0 Å². The monoisotopic (exact) mass is 271 g/mol. The molecule has 0 aliphatic heterocycles. The maximum atomic E-state index is 11.7. The molecule has 0 atom stereocenters. The van der Waals surface area contributed by atoms with E-state index in [-0.39, 0.29) is 18.3 Å². The summed E-state index contributed by atoms with van der Waals surface area (Å²) in [5.41, 5.74) is 0.601. The lowest BCUT2D eigenvalue weighted by atomic mass is 10.1. The highest BCUT2D eigenvalue weighted by molar-refractivity contribution is 5.87. The number of oxazole rings is 1. The van der Waals surface area contributed by atoms with Crippen molar-refractivity contribution in [2.75, 3.05) is 26.9 Å². The number of ether oxygens (including phenoxy) is 3. The second-order valence-electron chi connectivity index (χ2n) is 4.24. The Bertz CT molecular complexity index is 400. The first-order chi connectivity index (χ1) is 9.10.